The van der Waals surface area contributed by atoms with Crippen molar-refractivity contribution in [3.05, 3.63) is 77.0 Å². The van der Waals surface area contributed by atoms with Crippen LogP contribution < -0.4 is 4.57 Å². The number of pyridine rings is 1. The highest BCUT2D eigenvalue weighted by Gasteiger charge is 2.24. The Bertz CT molecular complexity index is 1560. The minimum atomic E-state index is 0.611. The number of furan rings is 1. The lowest BCUT2D eigenvalue weighted by atomic mass is 9.92. The molecule has 0 aliphatic carbocycles. The number of fused-ring (bicyclic) bond motifs is 4. The van der Waals surface area contributed by atoms with Gasteiger partial charge in [-0.25, -0.2) is 4.57 Å². The summed E-state index contributed by atoms with van der Waals surface area (Å²) in [6.45, 7) is 8.84. The molecule has 0 aliphatic rings. The van der Waals surface area contributed by atoms with E-state index in [1.54, 1.807) is 0 Å². The van der Waals surface area contributed by atoms with Gasteiger partial charge in [-0.1, -0.05) is 26.0 Å². The Balaban J connectivity index is 1.87. The average Bonchev–Trinajstić information content (AvgIpc) is 3.12. The molecule has 3 heteroatoms. The summed E-state index contributed by atoms with van der Waals surface area (Å²) in [6.07, 6.45) is 3.21. The molecule has 5 aromatic rings. The summed E-state index contributed by atoms with van der Waals surface area (Å²) in [6, 6.07) is 19.2. The van der Waals surface area contributed by atoms with Crippen LogP contribution in [0.4, 0.5) is 0 Å². The van der Waals surface area contributed by atoms with Gasteiger partial charge in [-0.3, -0.25) is 0 Å². The van der Waals surface area contributed by atoms with Crippen LogP contribution in [-0.4, -0.2) is 0 Å². The zero-order valence-corrected chi connectivity index (χ0v) is 19.3. The fraction of sp³-hybridized carbons (Fsp3) is 0.241. The lowest BCUT2D eigenvalue weighted by Gasteiger charge is -2.12. The van der Waals surface area contributed by atoms with Crippen LogP contribution in [0.3, 0.4) is 0 Å². The van der Waals surface area contributed by atoms with E-state index in [2.05, 4.69) is 81.9 Å². The van der Waals surface area contributed by atoms with Gasteiger partial charge in [0.05, 0.1) is 22.6 Å². The monoisotopic (exact) mass is 419 g/mol. The molecule has 0 atom stereocenters. The highest BCUT2D eigenvalue weighted by atomic mass is 16.3. The van der Waals surface area contributed by atoms with Crippen LogP contribution in [0.15, 0.2) is 59.1 Å². The normalized spacial score (nSPS) is 11.7. The number of hydrogen-bond acceptors (Lipinski definition) is 2. The Hall–Kier alpha value is -3.64. The first-order valence-electron chi connectivity index (χ1n) is 11.2. The number of benzene rings is 3. The largest absolute Gasteiger partial charge is 0.455 e. The van der Waals surface area contributed by atoms with Gasteiger partial charge in [0.25, 0.3) is 0 Å². The maximum atomic E-state index is 9.33. The van der Waals surface area contributed by atoms with E-state index < -0.39 is 0 Å². The SMILES string of the molecule is Cc1cc2c(oc3cc(C#N)ccc32)c(-c2c3ccc(CC(C)C)cc3cc[n+]2C)c1C. The van der Waals surface area contributed by atoms with Gasteiger partial charge >= 0.3 is 0 Å². The summed E-state index contributed by atoms with van der Waals surface area (Å²) in [4.78, 5) is 0. The quantitative estimate of drug-likeness (QED) is 0.298. The first-order chi connectivity index (χ1) is 15.4. The fourth-order valence-corrected chi connectivity index (χ4v) is 4.82. The van der Waals surface area contributed by atoms with Crippen molar-refractivity contribution in [1.82, 2.24) is 0 Å². The predicted octanol–water partition coefficient (Wildman–Crippen LogP) is 6.92. The van der Waals surface area contributed by atoms with Crippen molar-refractivity contribution >= 4 is 32.7 Å². The van der Waals surface area contributed by atoms with Crippen LogP contribution in [0.1, 0.15) is 36.1 Å². The highest BCUT2D eigenvalue weighted by Crippen LogP contribution is 2.40. The molecule has 5 rings (SSSR count). The van der Waals surface area contributed by atoms with Crippen LogP contribution in [0, 0.1) is 31.1 Å². The summed E-state index contributed by atoms with van der Waals surface area (Å²) in [5.74, 6) is 0.624. The van der Waals surface area contributed by atoms with Crippen LogP contribution in [-0.2, 0) is 13.5 Å². The molecule has 3 aromatic carbocycles. The van der Waals surface area contributed by atoms with Gasteiger partial charge < -0.3 is 4.42 Å². The average molecular weight is 420 g/mol. The molecule has 0 unspecified atom stereocenters. The third kappa shape index (κ3) is 3.15. The Morgan fingerprint density at radius 2 is 1.75 bits per heavy atom. The number of nitriles is 1. The van der Waals surface area contributed by atoms with E-state index in [-0.39, 0.29) is 0 Å². The van der Waals surface area contributed by atoms with Gasteiger partial charge in [0.2, 0.25) is 5.69 Å². The second kappa shape index (κ2) is 7.50. The molecule has 3 nitrogen and oxygen atoms in total. The maximum Gasteiger partial charge on any atom is 0.224 e. The molecule has 2 heterocycles. The second-order valence-corrected chi connectivity index (χ2v) is 9.29. The molecule has 0 bridgehead atoms. The molecule has 0 aliphatic heterocycles. The van der Waals surface area contributed by atoms with Gasteiger partial charge in [0.15, 0.2) is 6.20 Å². The molecule has 0 fully saturated rings. The van der Waals surface area contributed by atoms with Crippen molar-refractivity contribution in [2.45, 2.75) is 34.1 Å². The van der Waals surface area contributed by atoms with Gasteiger partial charge in [0, 0.05) is 16.8 Å². The van der Waals surface area contributed by atoms with Gasteiger partial charge in [-0.2, -0.15) is 5.26 Å². The number of rotatable bonds is 3. The predicted molar refractivity (Wildman–Crippen MR) is 131 cm³/mol. The van der Waals surface area contributed by atoms with E-state index in [9.17, 15) is 5.26 Å². The van der Waals surface area contributed by atoms with Crippen molar-refractivity contribution < 1.29 is 8.98 Å². The van der Waals surface area contributed by atoms with E-state index in [1.165, 1.54) is 27.5 Å². The number of nitrogens with zero attached hydrogens (tertiary/aromatic N) is 2. The summed E-state index contributed by atoms with van der Waals surface area (Å²) in [5, 5.41) is 13.9. The zero-order valence-electron chi connectivity index (χ0n) is 19.3. The molecule has 2 aromatic heterocycles. The molecule has 0 N–H and O–H groups in total. The summed E-state index contributed by atoms with van der Waals surface area (Å²) in [7, 11) is 2.10. The lowest BCUT2D eigenvalue weighted by Crippen LogP contribution is -2.31. The Labute approximate surface area is 188 Å². The number of hydrogen-bond donors (Lipinski definition) is 0. The molecule has 0 saturated carbocycles. The fourth-order valence-electron chi connectivity index (χ4n) is 4.82. The van der Waals surface area contributed by atoms with E-state index >= 15 is 0 Å². The third-order valence-corrected chi connectivity index (χ3v) is 6.49. The highest BCUT2D eigenvalue weighted by molar-refractivity contribution is 6.12. The van der Waals surface area contributed by atoms with Crippen molar-refractivity contribution in [2.75, 3.05) is 0 Å². The molecule has 158 valence electrons. The van der Waals surface area contributed by atoms with Gasteiger partial charge in [-0.15, -0.1) is 0 Å². The Morgan fingerprint density at radius 1 is 0.969 bits per heavy atom. The number of aryl methyl sites for hydroxylation is 2. The molecule has 0 spiro atoms. The molecule has 0 amide bonds. The topological polar surface area (TPSA) is 40.8 Å². The summed E-state index contributed by atoms with van der Waals surface area (Å²) in [5.41, 5.74) is 8.34. The van der Waals surface area contributed by atoms with Crippen molar-refractivity contribution in [2.24, 2.45) is 13.0 Å². The van der Waals surface area contributed by atoms with Crippen molar-refractivity contribution in [1.29, 1.82) is 5.26 Å². The van der Waals surface area contributed by atoms with Crippen LogP contribution in [0.2, 0.25) is 0 Å². The molecule has 32 heavy (non-hydrogen) atoms. The Morgan fingerprint density at radius 3 is 2.50 bits per heavy atom. The van der Waals surface area contributed by atoms with Crippen LogP contribution in [0.25, 0.3) is 44.0 Å². The minimum Gasteiger partial charge on any atom is -0.455 e. The summed E-state index contributed by atoms with van der Waals surface area (Å²) < 4.78 is 8.63. The van der Waals surface area contributed by atoms with Crippen molar-refractivity contribution in [3.63, 3.8) is 0 Å². The van der Waals surface area contributed by atoms with Crippen LogP contribution >= 0.6 is 0 Å². The van der Waals surface area contributed by atoms with Crippen molar-refractivity contribution in [3.8, 4) is 17.3 Å². The second-order valence-electron chi connectivity index (χ2n) is 9.29. The van der Waals surface area contributed by atoms with Gasteiger partial charge in [-0.05, 0) is 78.6 Å². The molecular weight excluding hydrogens is 392 g/mol. The van der Waals surface area contributed by atoms with E-state index in [1.807, 2.05) is 18.2 Å². The molecule has 0 radical (unpaired) electrons. The Kier molecular flexibility index (Phi) is 4.75. The van der Waals surface area contributed by atoms with E-state index in [4.69, 9.17) is 4.42 Å². The molecule has 0 saturated heterocycles. The zero-order chi connectivity index (χ0) is 22.6. The van der Waals surface area contributed by atoms with Crippen LogP contribution in [0.5, 0.6) is 0 Å². The number of aromatic nitrogens is 1. The molecular formula is C29H27N2O+. The minimum absolute atomic E-state index is 0.611. The lowest BCUT2D eigenvalue weighted by molar-refractivity contribution is -0.659. The van der Waals surface area contributed by atoms with E-state index in [0.717, 1.165) is 39.6 Å². The van der Waals surface area contributed by atoms with Gasteiger partial charge in [0.1, 0.15) is 18.2 Å². The standard InChI is InChI=1S/C29H27N2O/c1-17(2)12-20-6-8-23-22(14-20)10-11-31(5)28(23)27-19(4)18(3)13-25-24-9-7-21(16-30)15-26(24)32-29(25)27/h6-11,13-15,17H,12H2,1-5H3/q+1. The summed E-state index contributed by atoms with van der Waals surface area (Å²) >= 11 is 0. The smallest absolute Gasteiger partial charge is 0.224 e. The first-order valence-corrected chi connectivity index (χ1v) is 11.2. The van der Waals surface area contributed by atoms with E-state index in [0.29, 0.717) is 11.5 Å². The first kappa shape index (κ1) is 20.3. The maximum absolute atomic E-state index is 9.33. The third-order valence-electron chi connectivity index (χ3n) is 6.49.